The van der Waals surface area contributed by atoms with Crippen molar-refractivity contribution in [2.24, 2.45) is 0 Å². The molecule has 0 radical (unpaired) electrons. The number of halogens is 2. The molecule has 0 unspecified atom stereocenters. The monoisotopic (exact) mass is 529 g/mol. The Morgan fingerprint density at radius 2 is 2.00 bits per heavy atom. The van der Waals surface area contributed by atoms with Crippen LogP contribution in [0.3, 0.4) is 0 Å². The molecule has 35 heavy (non-hydrogen) atoms. The number of esters is 1. The number of thiophene rings is 1. The third kappa shape index (κ3) is 6.62. The van der Waals surface area contributed by atoms with Crippen LogP contribution in [0.4, 0.5) is 15.3 Å². The van der Waals surface area contributed by atoms with Gasteiger partial charge in [0.25, 0.3) is 0 Å². The molecule has 11 heteroatoms. The summed E-state index contributed by atoms with van der Waals surface area (Å²) in [6.07, 6.45) is 2.19. The van der Waals surface area contributed by atoms with Crippen molar-refractivity contribution in [1.82, 2.24) is 14.8 Å². The average Bonchev–Trinajstić information content (AvgIpc) is 3.43. The van der Waals surface area contributed by atoms with Gasteiger partial charge >= 0.3 is 5.97 Å². The number of rotatable bonds is 8. The van der Waals surface area contributed by atoms with Crippen molar-refractivity contribution in [2.75, 3.05) is 17.2 Å². The first-order valence-corrected chi connectivity index (χ1v) is 12.3. The van der Waals surface area contributed by atoms with Gasteiger partial charge in [-0.3, -0.25) is 5.32 Å². The fraction of sp³-hybridized carbons (Fsp3) is 0.167. The molecule has 0 aliphatic carbocycles. The van der Waals surface area contributed by atoms with Gasteiger partial charge < -0.3 is 10.1 Å². The lowest BCUT2D eigenvalue weighted by atomic mass is 10.1. The minimum absolute atomic E-state index is 0.223. The largest absolute Gasteiger partial charge is 0.462 e. The molecular weight excluding hydrogens is 509 g/mol. The van der Waals surface area contributed by atoms with E-state index in [1.807, 2.05) is 36.4 Å². The fourth-order valence-electron chi connectivity index (χ4n) is 3.27. The first kappa shape index (κ1) is 24.8. The maximum Gasteiger partial charge on any atom is 0.341 e. The van der Waals surface area contributed by atoms with E-state index >= 15 is 0 Å². The second-order valence-electron chi connectivity index (χ2n) is 7.42. The van der Waals surface area contributed by atoms with E-state index in [1.165, 1.54) is 29.8 Å². The van der Waals surface area contributed by atoms with Crippen LogP contribution >= 0.6 is 35.2 Å². The van der Waals surface area contributed by atoms with Gasteiger partial charge in [-0.05, 0) is 48.5 Å². The van der Waals surface area contributed by atoms with Gasteiger partial charge in [0.15, 0.2) is 5.11 Å². The number of thiocarbonyl (C=S) groups is 1. The summed E-state index contributed by atoms with van der Waals surface area (Å²) in [6.45, 7) is 2.34. The number of aromatic nitrogens is 3. The van der Waals surface area contributed by atoms with Crippen LogP contribution in [0.15, 0.2) is 60.9 Å². The Bertz CT molecular complexity index is 1340. The van der Waals surface area contributed by atoms with Gasteiger partial charge in [-0.15, -0.1) is 16.4 Å². The zero-order chi connectivity index (χ0) is 24.8. The maximum absolute atomic E-state index is 13.3. The number of carbonyl (C=O) groups is 1. The smallest absolute Gasteiger partial charge is 0.341 e. The summed E-state index contributed by atoms with van der Waals surface area (Å²) in [6, 6.07) is 16.0. The van der Waals surface area contributed by atoms with Gasteiger partial charge in [0.2, 0.25) is 5.95 Å². The molecule has 4 aromatic rings. The number of anilines is 2. The highest BCUT2D eigenvalue weighted by Crippen LogP contribution is 2.31. The van der Waals surface area contributed by atoms with E-state index < -0.39 is 11.8 Å². The second-order valence-corrected chi connectivity index (χ2v) is 9.37. The standard InChI is InChI=1S/C24H21ClFN5O2S2/c1-2-33-22(32)19-12-18(10-15-6-4-3-5-7-15)35-21(19)28-24(34)29-23-27-14-31(30-23)13-16-8-9-17(26)11-20(16)25/h3-9,11-12,14H,2,10,13H2,1H3,(H2,28,29,30,34). The van der Waals surface area contributed by atoms with E-state index in [0.717, 1.165) is 10.4 Å². The Morgan fingerprint density at radius 1 is 1.20 bits per heavy atom. The summed E-state index contributed by atoms with van der Waals surface area (Å²) < 4.78 is 20.0. The number of ether oxygens (including phenoxy) is 1. The van der Waals surface area contributed by atoms with E-state index in [-0.39, 0.29) is 17.7 Å². The van der Waals surface area contributed by atoms with Crippen molar-refractivity contribution in [3.05, 3.63) is 93.3 Å². The molecule has 4 rings (SSSR count). The van der Waals surface area contributed by atoms with Crippen molar-refractivity contribution in [2.45, 2.75) is 19.9 Å². The molecule has 0 fully saturated rings. The lowest BCUT2D eigenvalue weighted by molar-refractivity contribution is 0.0528. The van der Waals surface area contributed by atoms with E-state index in [4.69, 9.17) is 28.6 Å². The number of nitrogens with one attached hydrogen (secondary N) is 2. The minimum atomic E-state index is -0.424. The van der Waals surface area contributed by atoms with E-state index in [2.05, 4.69) is 20.7 Å². The molecule has 0 aliphatic rings. The molecule has 2 aromatic carbocycles. The molecular formula is C24H21ClFN5O2S2. The summed E-state index contributed by atoms with van der Waals surface area (Å²) in [5.41, 5.74) is 2.25. The highest BCUT2D eigenvalue weighted by molar-refractivity contribution is 7.80. The van der Waals surface area contributed by atoms with Gasteiger partial charge in [0.05, 0.1) is 18.7 Å². The van der Waals surface area contributed by atoms with Crippen LogP contribution in [-0.2, 0) is 17.7 Å². The van der Waals surface area contributed by atoms with E-state index in [0.29, 0.717) is 34.1 Å². The van der Waals surface area contributed by atoms with Crippen molar-refractivity contribution in [3.63, 3.8) is 0 Å². The summed E-state index contributed by atoms with van der Waals surface area (Å²) in [4.78, 5) is 17.7. The predicted molar refractivity (Wildman–Crippen MR) is 140 cm³/mol. The van der Waals surface area contributed by atoms with Crippen LogP contribution in [0.1, 0.15) is 33.3 Å². The molecule has 0 saturated carbocycles. The minimum Gasteiger partial charge on any atom is -0.462 e. The van der Waals surface area contributed by atoms with Gasteiger partial charge in [-0.2, -0.15) is 0 Å². The van der Waals surface area contributed by atoms with Crippen molar-refractivity contribution in [1.29, 1.82) is 0 Å². The van der Waals surface area contributed by atoms with Gasteiger partial charge in [0.1, 0.15) is 17.1 Å². The van der Waals surface area contributed by atoms with Crippen LogP contribution in [0, 0.1) is 5.82 Å². The zero-order valence-corrected chi connectivity index (χ0v) is 21.0. The normalized spacial score (nSPS) is 10.7. The van der Waals surface area contributed by atoms with Crippen LogP contribution < -0.4 is 10.6 Å². The Morgan fingerprint density at radius 3 is 2.74 bits per heavy atom. The number of hydrogen-bond donors (Lipinski definition) is 2. The molecule has 2 N–H and O–H groups in total. The molecule has 2 aromatic heterocycles. The fourth-order valence-corrected chi connectivity index (χ4v) is 4.84. The lowest BCUT2D eigenvalue weighted by Gasteiger charge is -2.08. The summed E-state index contributed by atoms with van der Waals surface area (Å²) in [5.74, 6) is -0.565. The van der Waals surface area contributed by atoms with Crippen LogP contribution in [0.25, 0.3) is 0 Å². The topological polar surface area (TPSA) is 81.1 Å². The molecule has 2 heterocycles. The van der Waals surface area contributed by atoms with Crippen molar-refractivity contribution >= 4 is 57.2 Å². The lowest BCUT2D eigenvalue weighted by Crippen LogP contribution is -2.21. The van der Waals surface area contributed by atoms with Crippen LogP contribution in [-0.4, -0.2) is 32.5 Å². The molecule has 0 atom stereocenters. The van der Waals surface area contributed by atoms with Crippen molar-refractivity contribution < 1.29 is 13.9 Å². The van der Waals surface area contributed by atoms with Crippen LogP contribution in [0.2, 0.25) is 5.02 Å². The highest BCUT2D eigenvalue weighted by atomic mass is 35.5. The molecule has 0 saturated heterocycles. The Balaban J connectivity index is 1.44. The quantitative estimate of drug-likeness (QED) is 0.222. The highest BCUT2D eigenvalue weighted by Gasteiger charge is 2.19. The molecule has 7 nitrogen and oxygen atoms in total. The molecule has 0 spiro atoms. The maximum atomic E-state index is 13.3. The Kier molecular flexibility index (Phi) is 8.06. The number of nitrogens with zero attached hydrogens (tertiary/aromatic N) is 3. The first-order chi connectivity index (χ1) is 16.9. The predicted octanol–water partition coefficient (Wildman–Crippen LogP) is 5.76. The summed E-state index contributed by atoms with van der Waals surface area (Å²) in [7, 11) is 0. The SMILES string of the molecule is CCOC(=O)c1cc(Cc2ccccc2)sc1NC(=S)Nc1ncn(Cc2ccc(F)cc2Cl)n1. The van der Waals surface area contributed by atoms with Crippen LogP contribution in [0.5, 0.6) is 0 Å². The molecule has 0 bridgehead atoms. The third-order valence-corrected chi connectivity index (χ3v) is 6.44. The van der Waals surface area contributed by atoms with E-state index in [1.54, 1.807) is 17.7 Å². The van der Waals surface area contributed by atoms with Gasteiger partial charge in [-0.1, -0.05) is 48.0 Å². The van der Waals surface area contributed by atoms with E-state index in [9.17, 15) is 9.18 Å². The molecule has 180 valence electrons. The Hall–Kier alpha value is -3.34. The number of hydrogen-bond acceptors (Lipinski definition) is 6. The molecule has 0 amide bonds. The second kappa shape index (κ2) is 11.4. The number of carbonyl (C=O) groups excluding carboxylic acids is 1. The molecule has 0 aliphatic heterocycles. The number of benzene rings is 2. The summed E-state index contributed by atoms with van der Waals surface area (Å²) >= 11 is 12.9. The van der Waals surface area contributed by atoms with Crippen molar-refractivity contribution in [3.8, 4) is 0 Å². The Labute approximate surface area is 215 Å². The summed E-state index contributed by atoms with van der Waals surface area (Å²) in [5, 5.41) is 11.4. The third-order valence-electron chi connectivity index (χ3n) is 4.84. The van der Waals surface area contributed by atoms with Gasteiger partial charge in [-0.25, -0.2) is 18.9 Å². The zero-order valence-electron chi connectivity index (χ0n) is 18.6. The first-order valence-electron chi connectivity index (χ1n) is 10.7. The van der Waals surface area contributed by atoms with Gasteiger partial charge in [0, 0.05) is 16.3 Å². The average molecular weight is 530 g/mol.